The van der Waals surface area contributed by atoms with Crippen molar-refractivity contribution in [1.82, 2.24) is 0 Å². The molecule has 0 aromatic rings. The number of rotatable bonds is 5. The summed E-state index contributed by atoms with van der Waals surface area (Å²) in [5.41, 5.74) is 5.57. The lowest BCUT2D eigenvalue weighted by Crippen LogP contribution is -2.39. The lowest BCUT2D eigenvalue weighted by molar-refractivity contribution is -0.149. The Hall–Kier alpha value is -0.610. The number of hydrogen-bond acceptors (Lipinski definition) is 4. The number of hydrogen-bond donors (Lipinski definition) is 2. The summed E-state index contributed by atoms with van der Waals surface area (Å²) in [6.45, 7) is 9.99. The van der Waals surface area contributed by atoms with Crippen LogP contribution in [0.1, 0.15) is 34.6 Å². The van der Waals surface area contributed by atoms with E-state index >= 15 is 0 Å². The van der Waals surface area contributed by atoms with Crippen molar-refractivity contribution in [1.29, 1.82) is 0 Å². The minimum absolute atomic E-state index is 0.00764. The second-order valence-corrected chi connectivity index (χ2v) is 5.65. The predicted molar refractivity (Wildman–Crippen MR) is 63.8 cm³/mol. The zero-order valence-electron chi connectivity index (χ0n) is 11.0. The van der Waals surface area contributed by atoms with Crippen molar-refractivity contribution in [3.63, 3.8) is 0 Å². The summed E-state index contributed by atoms with van der Waals surface area (Å²) in [6.07, 6.45) is 0. The van der Waals surface area contributed by atoms with E-state index in [1.54, 1.807) is 0 Å². The molecule has 2 unspecified atom stereocenters. The smallest absolute Gasteiger partial charge is 0.323 e. The summed E-state index contributed by atoms with van der Waals surface area (Å²) in [5.74, 6) is -0.386. The maximum Gasteiger partial charge on any atom is 0.323 e. The van der Waals surface area contributed by atoms with Crippen molar-refractivity contribution >= 4 is 5.97 Å². The van der Waals surface area contributed by atoms with Gasteiger partial charge in [0.05, 0.1) is 6.61 Å². The van der Waals surface area contributed by atoms with Gasteiger partial charge in [0.15, 0.2) is 0 Å². The quantitative estimate of drug-likeness (QED) is 0.697. The molecule has 0 aromatic carbocycles. The van der Waals surface area contributed by atoms with Gasteiger partial charge in [-0.2, -0.15) is 0 Å². The Morgan fingerprint density at radius 1 is 1.38 bits per heavy atom. The zero-order chi connectivity index (χ0) is 12.9. The van der Waals surface area contributed by atoms with Crippen LogP contribution in [0.25, 0.3) is 0 Å². The Morgan fingerprint density at radius 2 is 1.88 bits per heavy atom. The second-order valence-electron chi connectivity index (χ2n) is 5.65. The van der Waals surface area contributed by atoms with Crippen LogP contribution in [0.15, 0.2) is 0 Å². The van der Waals surface area contributed by atoms with E-state index in [4.69, 9.17) is 10.5 Å². The van der Waals surface area contributed by atoms with Crippen LogP contribution in [0.4, 0.5) is 0 Å². The van der Waals surface area contributed by atoms with Crippen molar-refractivity contribution in [3.8, 4) is 0 Å². The lowest BCUT2D eigenvalue weighted by atomic mass is 9.82. The van der Waals surface area contributed by atoms with Gasteiger partial charge in [0.25, 0.3) is 0 Å². The summed E-state index contributed by atoms with van der Waals surface area (Å²) in [4.78, 5) is 11.5. The van der Waals surface area contributed by atoms with Crippen molar-refractivity contribution in [2.75, 3.05) is 13.2 Å². The van der Waals surface area contributed by atoms with E-state index in [0.717, 1.165) is 0 Å². The largest absolute Gasteiger partial charge is 0.464 e. The third kappa shape index (κ3) is 4.94. The van der Waals surface area contributed by atoms with Gasteiger partial charge in [0, 0.05) is 12.5 Å². The molecule has 0 bridgehead atoms. The predicted octanol–water partition coefficient (Wildman–Crippen LogP) is 1.17. The maximum absolute atomic E-state index is 11.5. The number of ether oxygens (including phenoxy) is 1. The van der Waals surface area contributed by atoms with Crippen molar-refractivity contribution in [2.24, 2.45) is 23.0 Å². The van der Waals surface area contributed by atoms with Crippen LogP contribution in [0, 0.1) is 17.3 Å². The number of carbonyl (C=O) groups excluding carboxylic acids is 1. The standard InChI is InChI=1S/C12H25NO3/c1-8(2)10(13)11(15)16-7-9(6-14)12(3,4)5/h8-10,14H,6-7,13H2,1-5H3. The van der Waals surface area contributed by atoms with E-state index in [2.05, 4.69) is 0 Å². The molecule has 16 heavy (non-hydrogen) atoms. The molecule has 4 nitrogen and oxygen atoms in total. The zero-order valence-corrected chi connectivity index (χ0v) is 11.0. The highest BCUT2D eigenvalue weighted by atomic mass is 16.5. The number of aliphatic hydroxyl groups excluding tert-OH is 1. The van der Waals surface area contributed by atoms with E-state index in [0.29, 0.717) is 0 Å². The molecule has 0 rings (SSSR count). The summed E-state index contributed by atoms with van der Waals surface area (Å²) in [7, 11) is 0. The highest BCUT2D eigenvalue weighted by molar-refractivity contribution is 5.75. The highest BCUT2D eigenvalue weighted by Gasteiger charge is 2.27. The number of aliphatic hydroxyl groups is 1. The van der Waals surface area contributed by atoms with Gasteiger partial charge in [-0.25, -0.2) is 0 Å². The maximum atomic E-state index is 11.5. The molecule has 0 amide bonds. The van der Waals surface area contributed by atoms with E-state index in [1.807, 2.05) is 34.6 Å². The van der Waals surface area contributed by atoms with Gasteiger partial charge in [-0.1, -0.05) is 34.6 Å². The Morgan fingerprint density at radius 3 is 2.19 bits per heavy atom. The average Bonchev–Trinajstić information content (AvgIpc) is 2.14. The number of carbonyl (C=O) groups is 1. The van der Waals surface area contributed by atoms with Crippen LogP contribution in [0.2, 0.25) is 0 Å². The Kier molecular flexibility index (Phi) is 5.97. The van der Waals surface area contributed by atoms with Crippen molar-refractivity contribution < 1.29 is 14.6 Å². The average molecular weight is 231 g/mol. The first-order chi connectivity index (χ1) is 7.20. The Bertz CT molecular complexity index is 221. The SMILES string of the molecule is CC(C)C(N)C(=O)OCC(CO)C(C)(C)C. The van der Waals surface area contributed by atoms with Gasteiger partial charge in [-0.15, -0.1) is 0 Å². The van der Waals surface area contributed by atoms with Gasteiger partial charge in [-0.3, -0.25) is 4.79 Å². The first-order valence-electron chi connectivity index (χ1n) is 5.73. The van der Waals surface area contributed by atoms with Gasteiger partial charge in [0.1, 0.15) is 6.04 Å². The van der Waals surface area contributed by atoms with Gasteiger partial charge in [0.2, 0.25) is 0 Å². The first-order valence-corrected chi connectivity index (χ1v) is 5.73. The molecule has 0 spiro atoms. The second kappa shape index (κ2) is 6.21. The molecule has 0 radical (unpaired) electrons. The van der Waals surface area contributed by atoms with Crippen LogP contribution in [-0.4, -0.2) is 30.3 Å². The molecule has 0 aliphatic rings. The fourth-order valence-corrected chi connectivity index (χ4v) is 1.13. The summed E-state index contributed by atoms with van der Waals surface area (Å²) in [5, 5.41) is 9.20. The summed E-state index contributed by atoms with van der Waals surface area (Å²) >= 11 is 0. The Labute approximate surface area is 98.2 Å². The summed E-state index contributed by atoms with van der Waals surface area (Å²) < 4.78 is 5.12. The van der Waals surface area contributed by atoms with Gasteiger partial charge in [-0.05, 0) is 11.3 Å². The molecule has 2 atom stereocenters. The normalized spacial score (nSPS) is 16.0. The van der Waals surface area contributed by atoms with E-state index < -0.39 is 12.0 Å². The van der Waals surface area contributed by atoms with E-state index in [1.165, 1.54) is 0 Å². The minimum atomic E-state index is -0.584. The molecule has 0 heterocycles. The van der Waals surface area contributed by atoms with Crippen LogP contribution >= 0.6 is 0 Å². The molecule has 0 aliphatic carbocycles. The van der Waals surface area contributed by atoms with Crippen LogP contribution in [-0.2, 0) is 9.53 Å². The molecule has 4 heteroatoms. The summed E-state index contributed by atoms with van der Waals surface area (Å²) in [6, 6.07) is -0.584. The fourth-order valence-electron chi connectivity index (χ4n) is 1.13. The minimum Gasteiger partial charge on any atom is -0.464 e. The molecule has 0 aliphatic heterocycles. The molecule has 0 fully saturated rings. The third-order valence-corrected chi connectivity index (χ3v) is 2.86. The molecular formula is C12H25NO3. The molecule has 0 aromatic heterocycles. The lowest BCUT2D eigenvalue weighted by Gasteiger charge is -2.29. The molecule has 0 saturated heterocycles. The van der Waals surface area contributed by atoms with Crippen LogP contribution in [0.5, 0.6) is 0 Å². The van der Waals surface area contributed by atoms with Gasteiger partial charge < -0.3 is 15.6 Å². The molecule has 0 saturated carbocycles. The van der Waals surface area contributed by atoms with E-state index in [9.17, 15) is 9.90 Å². The van der Waals surface area contributed by atoms with Crippen molar-refractivity contribution in [2.45, 2.75) is 40.7 Å². The third-order valence-electron chi connectivity index (χ3n) is 2.86. The Balaban J connectivity index is 4.18. The van der Waals surface area contributed by atoms with Crippen LogP contribution < -0.4 is 5.73 Å². The van der Waals surface area contributed by atoms with Crippen LogP contribution in [0.3, 0.4) is 0 Å². The molecule has 96 valence electrons. The molecule has 3 N–H and O–H groups in total. The highest BCUT2D eigenvalue weighted by Crippen LogP contribution is 2.25. The van der Waals surface area contributed by atoms with Gasteiger partial charge >= 0.3 is 5.97 Å². The number of nitrogens with two attached hydrogens (primary N) is 1. The molecular weight excluding hydrogens is 206 g/mol. The monoisotopic (exact) mass is 231 g/mol. The first kappa shape index (κ1) is 15.4. The topological polar surface area (TPSA) is 72.6 Å². The van der Waals surface area contributed by atoms with E-state index in [-0.39, 0.29) is 30.5 Å². The fraction of sp³-hybridized carbons (Fsp3) is 0.917. The van der Waals surface area contributed by atoms with Crippen molar-refractivity contribution in [3.05, 3.63) is 0 Å². The number of esters is 1.